The van der Waals surface area contributed by atoms with Gasteiger partial charge in [-0.15, -0.1) is 0 Å². The first-order valence-corrected chi connectivity index (χ1v) is 11.6. The van der Waals surface area contributed by atoms with Gasteiger partial charge >= 0.3 is 0 Å². The van der Waals surface area contributed by atoms with E-state index in [1.54, 1.807) is 6.07 Å². The van der Waals surface area contributed by atoms with Crippen molar-refractivity contribution in [3.63, 3.8) is 0 Å². The summed E-state index contributed by atoms with van der Waals surface area (Å²) in [6.07, 6.45) is 0. The van der Waals surface area contributed by atoms with Crippen LogP contribution in [-0.2, 0) is 10.0 Å². The normalized spacial score (nSPS) is 12.6. The molecule has 0 saturated carbocycles. The van der Waals surface area contributed by atoms with Crippen molar-refractivity contribution in [2.45, 2.75) is 4.90 Å². The van der Waals surface area contributed by atoms with Gasteiger partial charge in [-0.2, -0.15) is 0 Å². The van der Waals surface area contributed by atoms with Crippen LogP contribution >= 0.6 is 0 Å². The van der Waals surface area contributed by atoms with Crippen molar-refractivity contribution in [1.29, 1.82) is 0 Å². The van der Waals surface area contributed by atoms with E-state index in [1.807, 2.05) is 0 Å². The molecule has 10 heteroatoms. The number of ether oxygens (including phenoxy) is 3. The molecule has 0 aliphatic carbocycles. The smallest absolute Gasteiger partial charge is 0.262 e. The Bertz CT molecular complexity index is 1230. The largest absolute Gasteiger partial charge is 0.492 e. The van der Waals surface area contributed by atoms with Crippen molar-refractivity contribution < 1.29 is 31.8 Å². The molecule has 0 aromatic heterocycles. The van der Waals surface area contributed by atoms with Gasteiger partial charge in [0.2, 0.25) is 0 Å². The molecule has 0 fully saturated rings. The number of benzene rings is 3. The standard InChI is InChI=1S/C23H21FN2O6S/c24-17-3-7-19(8-4-17)30-12-11-25-23(27)16-1-5-18(6-2-16)26-33(28,29)20-9-10-21-22(15-20)32-14-13-31-21/h1-10,15,26H,11-14H2,(H,25,27). The Morgan fingerprint density at radius 1 is 0.939 bits per heavy atom. The molecule has 1 amide bonds. The van der Waals surface area contributed by atoms with Gasteiger partial charge in [-0.3, -0.25) is 9.52 Å². The van der Waals surface area contributed by atoms with Gasteiger partial charge in [-0.1, -0.05) is 0 Å². The number of hydrogen-bond acceptors (Lipinski definition) is 6. The lowest BCUT2D eigenvalue weighted by Crippen LogP contribution is -2.28. The fourth-order valence-corrected chi connectivity index (χ4v) is 4.13. The predicted octanol–water partition coefficient (Wildman–Crippen LogP) is 3.21. The number of carbonyl (C=O) groups excluding carboxylic acids is 1. The van der Waals surface area contributed by atoms with E-state index in [4.69, 9.17) is 14.2 Å². The molecular formula is C23H21FN2O6S. The van der Waals surface area contributed by atoms with E-state index < -0.39 is 10.0 Å². The van der Waals surface area contributed by atoms with Crippen molar-refractivity contribution in [3.8, 4) is 17.2 Å². The van der Waals surface area contributed by atoms with Gasteiger partial charge in [0.25, 0.3) is 15.9 Å². The fraction of sp³-hybridized carbons (Fsp3) is 0.174. The average Bonchev–Trinajstić information content (AvgIpc) is 2.83. The van der Waals surface area contributed by atoms with Crippen LogP contribution in [-0.4, -0.2) is 40.7 Å². The third-order valence-electron chi connectivity index (χ3n) is 4.69. The van der Waals surface area contributed by atoms with Crippen LogP contribution in [0.1, 0.15) is 10.4 Å². The van der Waals surface area contributed by atoms with Gasteiger partial charge < -0.3 is 19.5 Å². The first-order chi connectivity index (χ1) is 15.9. The number of amides is 1. The summed E-state index contributed by atoms with van der Waals surface area (Å²) < 4.78 is 57.0. The number of fused-ring (bicyclic) bond motifs is 1. The van der Waals surface area contributed by atoms with Crippen LogP contribution in [0.5, 0.6) is 17.2 Å². The summed E-state index contributed by atoms with van der Waals surface area (Å²) in [5.41, 5.74) is 0.667. The number of carbonyl (C=O) groups is 1. The SMILES string of the molecule is O=C(NCCOc1ccc(F)cc1)c1ccc(NS(=O)(=O)c2ccc3c(c2)OCCO3)cc1. The minimum Gasteiger partial charge on any atom is -0.492 e. The maximum atomic E-state index is 12.9. The Morgan fingerprint density at radius 3 is 2.36 bits per heavy atom. The van der Waals surface area contributed by atoms with Crippen molar-refractivity contribution in [2.24, 2.45) is 0 Å². The van der Waals surface area contributed by atoms with Gasteiger partial charge in [0, 0.05) is 17.3 Å². The summed E-state index contributed by atoms with van der Waals surface area (Å²) >= 11 is 0. The molecule has 1 heterocycles. The second kappa shape index (κ2) is 9.78. The zero-order valence-electron chi connectivity index (χ0n) is 17.4. The molecule has 0 saturated heterocycles. The predicted molar refractivity (Wildman–Crippen MR) is 119 cm³/mol. The summed E-state index contributed by atoms with van der Waals surface area (Å²) in [5, 5.41) is 2.70. The lowest BCUT2D eigenvalue weighted by atomic mass is 10.2. The summed E-state index contributed by atoms with van der Waals surface area (Å²) in [6.45, 7) is 1.23. The minimum atomic E-state index is -3.85. The van der Waals surface area contributed by atoms with Gasteiger partial charge in [-0.05, 0) is 60.7 Å². The van der Waals surface area contributed by atoms with Crippen molar-refractivity contribution in [3.05, 3.63) is 78.1 Å². The van der Waals surface area contributed by atoms with Crippen molar-refractivity contribution in [2.75, 3.05) is 31.1 Å². The highest BCUT2D eigenvalue weighted by Crippen LogP contribution is 2.32. The molecule has 2 N–H and O–H groups in total. The Balaban J connectivity index is 1.31. The maximum Gasteiger partial charge on any atom is 0.262 e. The second-order valence-corrected chi connectivity index (χ2v) is 8.73. The molecule has 0 bridgehead atoms. The molecule has 8 nitrogen and oxygen atoms in total. The average molecular weight is 472 g/mol. The minimum absolute atomic E-state index is 0.0368. The molecule has 3 aromatic carbocycles. The Morgan fingerprint density at radius 2 is 1.64 bits per heavy atom. The number of sulfonamides is 1. The van der Waals surface area contributed by atoms with E-state index >= 15 is 0 Å². The Labute approximate surface area is 190 Å². The van der Waals surface area contributed by atoms with Crippen LogP contribution in [0.15, 0.2) is 71.6 Å². The first kappa shape index (κ1) is 22.4. The lowest BCUT2D eigenvalue weighted by molar-refractivity contribution is 0.0947. The number of anilines is 1. The van der Waals surface area contributed by atoms with Crippen molar-refractivity contribution in [1.82, 2.24) is 5.32 Å². The van der Waals surface area contributed by atoms with Crippen LogP contribution in [0, 0.1) is 5.82 Å². The van der Waals surface area contributed by atoms with E-state index in [9.17, 15) is 17.6 Å². The van der Waals surface area contributed by atoms with E-state index in [1.165, 1.54) is 60.7 Å². The first-order valence-electron chi connectivity index (χ1n) is 10.1. The molecule has 0 unspecified atom stereocenters. The third kappa shape index (κ3) is 5.72. The van der Waals surface area contributed by atoms with Gasteiger partial charge in [0.1, 0.15) is 31.4 Å². The highest BCUT2D eigenvalue weighted by Gasteiger charge is 2.19. The van der Waals surface area contributed by atoms with E-state index in [0.29, 0.717) is 41.7 Å². The van der Waals surface area contributed by atoms with E-state index in [0.717, 1.165) is 0 Å². The van der Waals surface area contributed by atoms with Crippen molar-refractivity contribution >= 4 is 21.6 Å². The maximum absolute atomic E-state index is 12.9. The van der Waals surface area contributed by atoms with Gasteiger partial charge in [0.15, 0.2) is 11.5 Å². The van der Waals surface area contributed by atoms with E-state index in [2.05, 4.69) is 10.0 Å². The highest BCUT2D eigenvalue weighted by molar-refractivity contribution is 7.92. The van der Waals surface area contributed by atoms with Crippen LogP contribution in [0.2, 0.25) is 0 Å². The van der Waals surface area contributed by atoms with Crippen LogP contribution < -0.4 is 24.2 Å². The fourth-order valence-electron chi connectivity index (χ4n) is 3.06. The summed E-state index contributed by atoms with van der Waals surface area (Å²) in [4.78, 5) is 12.3. The molecule has 1 aliphatic heterocycles. The Kier molecular flexibility index (Phi) is 6.64. The molecule has 0 spiro atoms. The molecular weight excluding hydrogens is 451 g/mol. The number of rotatable bonds is 8. The molecule has 4 rings (SSSR count). The quantitative estimate of drug-likeness (QED) is 0.488. The van der Waals surface area contributed by atoms with Crippen LogP contribution in [0.3, 0.4) is 0 Å². The number of halogens is 1. The second-order valence-electron chi connectivity index (χ2n) is 7.05. The summed E-state index contributed by atoms with van der Waals surface area (Å²) in [7, 11) is -3.85. The summed E-state index contributed by atoms with van der Waals surface area (Å²) in [5.74, 6) is 0.685. The third-order valence-corrected chi connectivity index (χ3v) is 6.07. The number of hydrogen-bond donors (Lipinski definition) is 2. The molecule has 33 heavy (non-hydrogen) atoms. The zero-order valence-corrected chi connectivity index (χ0v) is 18.2. The van der Waals surface area contributed by atoms with Crippen LogP contribution in [0.4, 0.5) is 10.1 Å². The molecule has 3 aromatic rings. The highest BCUT2D eigenvalue weighted by atomic mass is 32.2. The van der Waals surface area contributed by atoms with Crippen LogP contribution in [0.25, 0.3) is 0 Å². The molecule has 0 radical (unpaired) electrons. The van der Waals surface area contributed by atoms with Gasteiger partial charge in [-0.25, -0.2) is 12.8 Å². The number of nitrogens with one attached hydrogen (secondary N) is 2. The summed E-state index contributed by atoms with van der Waals surface area (Å²) in [6, 6.07) is 16.0. The molecule has 1 aliphatic rings. The molecule has 0 atom stereocenters. The zero-order chi connectivity index (χ0) is 23.3. The Hall–Kier alpha value is -3.79. The lowest BCUT2D eigenvalue weighted by Gasteiger charge is -2.19. The monoisotopic (exact) mass is 472 g/mol. The molecule has 172 valence electrons. The van der Waals surface area contributed by atoms with Gasteiger partial charge in [0.05, 0.1) is 11.4 Å². The topological polar surface area (TPSA) is 103 Å². The van der Waals surface area contributed by atoms with E-state index in [-0.39, 0.29) is 29.8 Å².